The summed E-state index contributed by atoms with van der Waals surface area (Å²) in [7, 11) is -5.13. The molecule has 0 amide bonds. The molecule has 0 atom stereocenters. The molecule has 14 heteroatoms. The highest BCUT2D eigenvalue weighted by molar-refractivity contribution is 7.53. The molecule has 34 heavy (non-hydrogen) atoms. The molecule has 2 aromatic heterocycles. The zero-order chi connectivity index (χ0) is 25.9. The monoisotopic (exact) mass is 501 g/mol. The lowest BCUT2D eigenvalue weighted by Crippen LogP contribution is -2.46. The number of anilines is 1. The Labute approximate surface area is 197 Å². The van der Waals surface area contributed by atoms with Crippen molar-refractivity contribution >= 4 is 31.1 Å². The summed E-state index contributed by atoms with van der Waals surface area (Å²) >= 11 is 0. The maximum atomic E-state index is 12.6. The third-order valence-corrected chi connectivity index (χ3v) is 6.21. The van der Waals surface area contributed by atoms with Crippen LogP contribution in [0, 0.1) is 10.8 Å². The Kier molecular flexibility index (Phi) is 8.09. The van der Waals surface area contributed by atoms with Crippen molar-refractivity contribution in [2.45, 2.75) is 53.3 Å². The Balaban J connectivity index is 2.28. The van der Waals surface area contributed by atoms with Gasteiger partial charge in [0, 0.05) is 12.0 Å². The van der Waals surface area contributed by atoms with Crippen LogP contribution < -0.4 is 5.73 Å². The second kappa shape index (κ2) is 9.95. The molecule has 0 radical (unpaired) electrons. The highest BCUT2D eigenvalue weighted by atomic mass is 31.2. The summed E-state index contributed by atoms with van der Waals surface area (Å²) in [5, 5.41) is 1.66. The van der Waals surface area contributed by atoms with Crippen molar-refractivity contribution in [2.24, 2.45) is 10.8 Å². The zero-order valence-electron chi connectivity index (χ0n) is 20.1. The molecule has 0 saturated carbocycles. The maximum Gasteiger partial charge on any atom is 0.364 e. The van der Waals surface area contributed by atoms with Crippen LogP contribution in [-0.2, 0) is 34.8 Å². The van der Waals surface area contributed by atoms with Crippen LogP contribution in [0.15, 0.2) is 12.5 Å². The van der Waals surface area contributed by atoms with Crippen LogP contribution in [0.3, 0.4) is 0 Å². The fourth-order valence-corrected chi connectivity index (χ4v) is 3.30. The van der Waals surface area contributed by atoms with Crippen LogP contribution in [-0.4, -0.2) is 66.5 Å². The van der Waals surface area contributed by atoms with E-state index in [0.29, 0.717) is 11.2 Å². The van der Waals surface area contributed by atoms with Crippen molar-refractivity contribution in [3.63, 3.8) is 0 Å². The Bertz CT molecular complexity index is 1050. The Morgan fingerprint density at radius 2 is 1.56 bits per heavy atom. The minimum absolute atomic E-state index is 0.116. The highest BCUT2D eigenvalue weighted by Gasteiger charge is 2.52. The van der Waals surface area contributed by atoms with Crippen LogP contribution in [0.4, 0.5) is 5.95 Å². The first-order valence-electron chi connectivity index (χ1n) is 10.4. The van der Waals surface area contributed by atoms with E-state index in [1.165, 1.54) is 17.0 Å². The first-order chi connectivity index (χ1) is 15.5. The number of esters is 2. The van der Waals surface area contributed by atoms with Crippen molar-refractivity contribution in [2.75, 3.05) is 25.6 Å². The quantitative estimate of drug-likeness (QED) is 0.331. The van der Waals surface area contributed by atoms with Crippen LogP contribution in [0.2, 0.25) is 0 Å². The normalized spacial score (nSPS) is 13.2. The number of nitrogens with zero attached hydrogens (tertiary/aromatic N) is 4. The minimum Gasteiger partial charge on any atom is -0.461 e. The molecule has 190 valence electrons. The smallest absolute Gasteiger partial charge is 0.364 e. The number of aromatic nitrogens is 4. The number of ether oxygens (including phenoxy) is 3. The average molecular weight is 501 g/mol. The Hall–Kier alpha value is -2.60. The van der Waals surface area contributed by atoms with E-state index in [9.17, 15) is 23.9 Å². The third-order valence-electron chi connectivity index (χ3n) is 4.76. The molecular weight excluding hydrogens is 469 g/mol. The fourth-order valence-electron chi connectivity index (χ4n) is 2.57. The van der Waals surface area contributed by atoms with Crippen LogP contribution in [0.25, 0.3) is 5.65 Å². The molecule has 0 unspecified atom stereocenters. The molecule has 0 fully saturated rings. The van der Waals surface area contributed by atoms with Crippen molar-refractivity contribution in [3.8, 4) is 0 Å². The van der Waals surface area contributed by atoms with Gasteiger partial charge in [0.25, 0.3) is 0 Å². The molecule has 0 aliphatic heterocycles. The second-order valence-corrected chi connectivity index (χ2v) is 11.8. The Morgan fingerprint density at radius 3 is 2.03 bits per heavy atom. The second-order valence-electron chi connectivity index (χ2n) is 9.88. The first kappa shape index (κ1) is 27.6. The largest absolute Gasteiger partial charge is 0.461 e. The molecule has 0 spiro atoms. The van der Waals surface area contributed by atoms with E-state index in [4.69, 9.17) is 19.9 Å². The molecule has 0 aliphatic rings. The highest BCUT2D eigenvalue weighted by Crippen LogP contribution is 2.52. The molecule has 0 aromatic carbocycles. The van der Waals surface area contributed by atoms with Gasteiger partial charge in [-0.25, -0.2) is 9.97 Å². The van der Waals surface area contributed by atoms with E-state index in [1.807, 2.05) is 0 Å². The van der Waals surface area contributed by atoms with Crippen LogP contribution in [0.1, 0.15) is 47.1 Å². The molecular formula is C20H32N5O8P. The van der Waals surface area contributed by atoms with Gasteiger partial charge in [-0.15, -0.1) is 0 Å². The van der Waals surface area contributed by atoms with Crippen molar-refractivity contribution in [3.05, 3.63) is 18.1 Å². The number of carbonyl (C=O) groups excluding carboxylic acids is 2. The average Bonchev–Trinajstić information content (AvgIpc) is 3.11. The van der Waals surface area contributed by atoms with Crippen molar-refractivity contribution < 1.29 is 38.2 Å². The Morgan fingerprint density at radius 1 is 1.03 bits per heavy atom. The SMILES string of the molecule is CC(C)(C)C(=O)OCC(COC(=O)C(C)(C)C)(OCCc1cnn2c(N)ncnc12)P(=O)(O)O. The molecule has 4 N–H and O–H groups in total. The van der Waals surface area contributed by atoms with Gasteiger partial charge in [-0.1, -0.05) is 0 Å². The fraction of sp³-hybridized carbons (Fsp3) is 0.650. The number of fused-ring (bicyclic) bond motifs is 1. The van der Waals surface area contributed by atoms with E-state index in [0.717, 1.165) is 0 Å². The predicted octanol–water partition coefficient (Wildman–Crippen LogP) is 1.32. The first-order valence-corrected chi connectivity index (χ1v) is 12.1. The number of nitrogen functional groups attached to an aromatic ring is 1. The van der Waals surface area contributed by atoms with Crippen LogP contribution in [0.5, 0.6) is 0 Å². The van der Waals surface area contributed by atoms with E-state index in [-0.39, 0.29) is 19.0 Å². The predicted molar refractivity (Wildman–Crippen MR) is 120 cm³/mol. The van der Waals surface area contributed by atoms with Gasteiger partial charge in [0.05, 0.1) is 23.6 Å². The summed E-state index contributed by atoms with van der Waals surface area (Å²) in [6.07, 6.45) is 2.86. The molecule has 0 bridgehead atoms. The van der Waals surface area contributed by atoms with Crippen molar-refractivity contribution in [1.82, 2.24) is 19.6 Å². The number of carbonyl (C=O) groups is 2. The molecule has 13 nitrogen and oxygen atoms in total. The maximum absolute atomic E-state index is 12.6. The van der Waals surface area contributed by atoms with Crippen molar-refractivity contribution in [1.29, 1.82) is 0 Å². The van der Waals surface area contributed by atoms with Gasteiger partial charge in [-0.3, -0.25) is 14.2 Å². The standard InChI is InChI=1S/C20H32N5O8P/c1-18(2,3)15(26)31-10-20(34(28,29)30,11-32-16(27)19(4,5)6)33-8-7-13-9-24-25-14(13)22-12-23-17(25)21/h9,12H,7-8,10-11H2,1-6H3,(H2,21,22,23)(H2,28,29,30). The summed E-state index contributed by atoms with van der Waals surface area (Å²) < 4.78 is 29.9. The molecule has 0 aliphatic carbocycles. The van der Waals surface area contributed by atoms with E-state index >= 15 is 0 Å². The van der Waals surface area contributed by atoms with E-state index < -0.39 is 48.9 Å². The zero-order valence-corrected chi connectivity index (χ0v) is 21.0. The van der Waals surface area contributed by atoms with Gasteiger partial charge in [-0.2, -0.15) is 9.61 Å². The summed E-state index contributed by atoms with van der Waals surface area (Å²) in [5.74, 6) is -1.29. The van der Waals surface area contributed by atoms with Gasteiger partial charge in [-0.05, 0) is 41.5 Å². The van der Waals surface area contributed by atoms with Gasteiger partial charge < -0.3 is 29.7 Å². The summed E-state index contributed by atoms with van der Waals surface area (Å²) in [6, 6.07) is 0. The lowest BCUT2D eigenvalue weighted by atomic mass is 9.97. The van der Waals surface area contributed by atoms with E-state index in [1.54, 1.807) is 41.5 Å². The lowest BCUT2D eigenvalue weighted by molar-refractivity contribution is -0.170. The van der Waals surface area contributed by atoms with E-state index in [2.05, 4.69) is 15.1 Å². The summed E-state index contributed by atoms with van der Waals surface area (Å²) in [4.78, 5) is 52.9. The minimum atomic E-state index is -5.13. The number of rotatable bonds is 9. The lowest BCUT2D eigenvalue weighted by Gasteiger charge is -2.34. The van der Waals surface area contributed by atoms with Gasteiger partial charge >= 0.3 is 19.5 Å². The third kappa shape index (κ3) is 6.50. The molecule has 2 aromatic rings. The topological polar surface area (TPSA) is 188 Å². The molecule has 2 rings (SSSR count). The molecule has 0 saturated heterocycles. The molecule has 2 heterocycles. The number of nitrogens with two attached hydrogens (primary N) is 1. The van der Waals surface area contributed by atoms with Gasteiger partial charge in [0.2, 0.25) is 11.3 Å². The summed E-state index contributed by atoms with van der Waals surface area (Å²) in [6.45, 7) is 7.66. The van der Waals surface area contributed by atoms with Gasteiger partial charge in [0.15, 0.2) is 5.65 Å². The van der Waals surface area contributed by atoms with Crippen LogP contribution >= 0.6 is 7.60 Å². The summed E-state index contributed by atoms with van der Waals surface area (Å²) in [5.41, 5.74) is 4.86. The number of hydrogen-bond acceptors (Lipinski definition) is 10. The number of hydrogen-bond donors (Lipinski definition) is 3. The van der Waals surface area contributed by atoms with Gasteiger partial charge in [0.1, 0.15) is 19.5 Å².